The van der Waals surface area contributed by atoms with Gasteiger partial charge in [-0.05, 0) is 59.2 Å². The number of hydrogen-bond acceptors (Lipinski definition) is 7. The Kier molecular flexibility index (Phi) is 9.17. The minimum Gasteiger partial charge on any atom is -0.457 e. The Bertz CT molecular complexity index is 2030. The molecule has 0 fully saturated rings. The van der Waals surface area contributed by atoms with E-state index >= 15 is 0 Å². The second-order valence-electron chi connectivity index (χ2n) is 9.85. The molecule has 244 valence electrons. The maximum absolute atomic E-state index is 14.8. The molecule has 0 saturated heterocycles. The van der Waals surface area contributed by atoms with Crippen LogP contribution in [-0.2, 0) is 16.9 Å². The van der Waals surface area contributed by atoms with Crippen molar-refractivity contribution in [1.29, 1.82) is 0 Å². The van der Waals surface area contributed by atoms with Gasteiger partial charge in [-0.15, -0.1) is 0 Å². The van der Waals surface area contributed by atoms with Gasteiger partial charge in [0.1, 0.15) is 34.1 Å². The number of nitro groups is 2. The van der Waals surface area contributed by atoms with Gasteiger partial charge < -0.3 is 9.47 Å². The second-order valence-corrected chi connectivity index (χ2v) is 10.5. The number of ether oxygens (including phenoxy) is 2. The van der Waals surface area contributed by atoms with Crippen LogP contribution in [0.4, 0.5) is 37.7 Å². The molecule has 9 nitrogen and oxygen atoms in total. The fraction of sp³-hybridized carbons (Fsp3) is 0.0625. The van der Waals surface area contributed by atoms with E-state index in [-0.39, 0.29) is 33.7 Å². The Morgan fingerprint density at radius 2 is 0.938 bits per heavy atom. The number of benzene rings is 5. The highest BCUT2D eigenvalue weighted by molar-refractivity contribution is 7.34. The predicted molar refractivity (Wildman–Crippen MR) is 161 cm³/mol. The molecule has 0 aliphatic carbocycles. The molecule has 0 saturated carbocycles. The lowest BCUT2D eigenvalue weighted by molar-refractivity contribution is -0.385. The zero-order chi connectivity index (χ0) is 34.8. The molecule has 0 aliphatic rings. The SMILES string of the molecule is O=Pc1cccc(-c2cccc(Oc3ccc([N+](=O)[O-])cc3)c2C(F)(F)F)c1-c1cccc(Oc2ccc([N+](=O)[O-])cc2)c1C(F)(F)F. The van der Waals surface area contributed by atoms with Crippen molar-refractivity contribution in [2.45, 2.75) is 12.4 Å². The highest BCUT2D eigenvalue weighted by Gasteiger charge is 2.41. The number of alkyl halides is 6. The Labute approximate surface area is 267 Å². The van der Waals surface area contributed by atoms with Crippen LogP contribution in [0.25, 0.3) is 22.3 Å². The number of non-ortho nitro benzene ring substituents is 2. The van der Waals surface area contributed by atoms with Crippen molar-refractivity contribution in [3.63, 3.8) is 0 Å². The predicted octanol–water partition coefficient (Wildman–Crippen LogP) is 10.4. The minimum absolute atomic E-state index is 0.189. The van der Waals surface area contributed by atoms with Crippen LogP contribution in [0.1, 0.15) is 11.1 Å². The molecule has 0 unspecified atom stereocenters. The van der Waals surface area contributed by atoms with Gasteiger partial charge in [-0.2, -0.15) is 26.3 Å². The number of nitrogens with zero attached hydrogens (tertiary/aromatic N) is 2. The summed E-state index contributed by atoms with van der Waals surface area (Å²) >= 11 is 0. The van der Waals surface area contributed by atoms with E-state index in [4.69, 9.17) is 9.47 Å². The molecule has 5 aromatic carbocycles. The van der Waals surface area contributed by atoms with Gasteiger partial charge in [-0.1, -0.05) is 36.4 Å². The van der Waals surface area contributed by atoms with Crippen molar-refractivity contribution in [3.8, 4) is 45.3 Å². The molecule has 0 aliphatic heterocycles. The minimum atomic E-state index is -5.16. The summed E-state index contributed by atoms with van der Waals surface area (Å²) < 4.78 is 112. The van der Waals surface area contributed by atoms with Crippen LogP contribution < -0.4 is 14.8 Å². The summed E-state index contributed by atoms with van der Waals surface area (Å²) in [6.07, 6.45) is -10.3. The molecule has 48 heavy (non-hydrogen) atoms. The maximum atomic E-state index is 14.8. The van der Waals surface area contributed by atoms with Gasteiger partial charge in [0.15, 0.2) is 8.46 Å². The molecule has 0 bridgehead atoms. The average Bonchev–Trinajstić information content (AvgIpc) is 3.03. The molecule has 0 heterocycles. The average molecular weight is 686 g/mol. The van der Waals surface area contributed by atoms with Gasteiger partial charge in [0.05, 0.1) is 15.2 Å². The summed E-state index contributed by atoms with van der Waals surface area (Å²) in [5, 5.41) is 21.7. The van der Waals surface area contributed by atoms with Crippen molar-refractivity contribution in [3.05, 3.63) is 134 Å². The van der Waals surface area contributed by atoms with Crippen LogP contribution in [0.15, 0.2) is 103 Å². The molecule has 0 aromatic heterocycles. The molecule has 16 heteroatoms. The van der Waals surface area contributed by atoms with E-state index in [1.165, 1.54) is 18.2 Å². The number of nitro benzene ring substituents is 2. The third kappa shape index (κ3) is 6.95. The molecule has 0 spiro atoms. The lowest BCUT2D eigenvalue weighted by Gasteiger charge is -2.23. The first-order valence-corrected chi connectivity index (χ1v) is 14.2. The van der Waals surface area contributed by atoms with Crippen LogP contribution in [0.3, 0.4) is 0 Å². The van der Waals surface area contributed by atoms with E-state index in [1.54, 1.807) is 0 Å². The zero-order valence-electron chi connectivity index (χ0n) is 23.8. The van der Waals surface area contributed by atoms with Crippen molar-refractivity contribution in [1.82, 2.24) is 0 Å². The molecule has 5 aromatic rings. The Morgan fingerprint density at radius 1 is 0.542 bits per heavy atom. The highest BCUT2D eigenvalue weighted by Crippen LogP contribution is 2.50. The van der Waals surface area contributed by atoms with E-state index in [0.717, 1.165) is 84.9 Å². The monoisotopic (exact) mass is 686 g/mol. The fourth-order valence-corrected chi connectivity index (χ4v) is 5.38. The van der Waals surface area contributed by atoms with Crippen LogP contribution in [-0.4, -0.2) is 9.85 Å². The largest absolute Gasteiger partial charge is 0.457 e. The smallest absolute Gasteiger partial charge is 0.420 e. The van der Waals surface area contributed by atoms with Crippen LogP contribution in [0, 0.1) is 20.2 Å². The first kappa shape index (κ1) is 33.5. The van der Waals surface area contributed by atoms with E-state index in [1.807, 2.05) is 0 Å². The molecule has 0 N–H and O–H groups in total. The quantitative estimate of drug-likeness (QED) is 0.0654. The maximum Gasteiger partial charge on any atom is 0.420 e. The van der Waals surface area contributed by atoms with Crippen LogP contribution in [0.2, 0.25) is 0 Å². The van der Waals surface area contributed by atoms with Crippen LogP contribution >= 0.6 is 8.46 Å². The van der Waals surface area contributed by atoms with Gasteiger partial charge in [0.25, 0.3) is 11.4 Å². The van der Waals surface area contributed by atoms with Crippen molar-refractivity contribution in [2.24, 2.45) is 0 Å². The summed E-state index contributed by atoms with van der Waals surface area (Å²) in [5.74, 6) is -1.92. The Hall–Kier alpha value is -5.82. The Morgan fingerprint density at radius 3 is 1.35 bits per heavy atom. The normalized spacial score (nSPS) is 11.7. The molecule has 0 amide bonds. The van der Waals surface area contributed by atoms with Crippen LogP contribution in [0.5, 0.6) is 23.0 Å². The summed E-state index contributed by atoms with van der Waals surface area (Å²) in [7, 11) is -0.813. The molecule has 0 atom stereocenters. The lowest BCUT2D eigenvalue weighted by atomic mass is 9.88. The van der Waals surface area contributed by atoms with Crippen molar-refractivity contribution in [2.75, 3.05) is 0 Å². The van der Waals surface area contributed by atoms with E-state index in [2.05, 4.69) is 0 Å². The topological polar surface area (TPSA) is 122 Å². The van der Waals surface area contributed by atoms with Gasteiger partial charge in [0.2, 0.25) is 0 Å². The zero-order valence-corrected chi connectivity index (χ0v) is 24.7. The van der Waals surface area contributed by atoms with Gasteiger partial charge in [-0.3, -0.25) is 24.8 Å². The summed E-state index contributed by atoms with van der Waals surface area (Å²) in [6.45, 7) is 0. The third-order valence-electron chi connectivity index (χ3n) is 6.87. The fourth-order valence-electron chi connectivity index (χ4n) is 4.90. The van der Waals surface area contributed by atoms with Gasteiger partial charge in [0, 0.05) is 29.8 Å². The van der Waals surface area contributed by atoms with Crippen molar-refractivity contribution >= 4 is 25.1 Å². The second kappa shape index (κ2) is 13.1. The third-order valence-corrected chi connectivity index (χ3v) is 7.44. The van der Waals surface area contributed by atoms with Crippen molar-refractivity contribution < 1.29 is 50.2 Å². The first-order chi connectivity index (χ1) is 22.7. The van der Waals surface area contributed by atoms with E-state index in [0.29, 0.717) is 0 Å². The summed E-state index contributed by atoms with van der Waals surface area (Å²) in [6, 6.07) is 18.2. The van der Waals surface area contributed by atoms with Gasteiger partial charge in [-0.25, -0.2) is 0 Å². The summed E-state index contributed by atoms with van der Waals surface area (Å²) in [5.41, 5.74) is -5.58. The molecular weight excluding hydrogens is 669 g/mol. The Balaban J connectivity index is 1.72. The number of hydrogen-bond donors (Lipinski definition) is 0. The number of halogens is 6. The summed E-state index contributed by atoms with van der Waals surface area (Å²) in [4.78, 5) is 20.5. The number of rotatable bonds is 9. The first-order valence-electron chi connectivity index (χ1n) is 13.4. The lowest BCUT2D eigenvalue weighted by Crippen LogP contribution is -2.14. The van der Waals surface area contributed by atoms with Gasteiger partial charge >= 0.3 is 12.4 Å². The molecule has 0 radical (unpaired) electrons. The van der Waals surface area contributed by atoms with E-state index in [9.17, 15) is 51.1 Å². The molecule has 5 rings (SSSR count). The van der Waals surface area contributed by atoms with E-state index < -0.39 is 70.0 Å². The highest BCUT2D eigenvalue weighted by atomic mass is 31.1. The molecular formula is C32H17F6N2O7P. The standard InChI is InChI=1S/C32H17F6N2O7P/c33-31(34,35)29-23(5-1-7-25(29)46-20-14-10-18(11-15-20)39(41)42)22-4-3-9-27(48-45)28(22)24-6-2-8-26(30(24)32(36,37)38)47-21-16-12-19(13-17-21)40(43)44/h1-17H.